The highest BCUT2D eigenvalue weighted by Gasteiger charge is 1.95. The van der Waals surface area contributed by atoms with Crippen molar-refractivity contribution < 1.29 is 9.90 Å². The van der Waals surface area contributed by atoms with Crippen LogP contribution in [0.5, 0.6) is 0 Å². The Morgan fingerprint density at radius 2 is 1.93 bits per heavy atom. The standard InChI is InChI=1S/C12H20O2S/c1-10(2)5-4-6-11(3)7-8-15-9-12(13)14/h5,7H,4,6,8-9H2,1-3H3,(H,13,14)/b11-7+. The van der Waals surface area contributed by atoms with Crippen LogP contribution in [0.2, 0.25) is 0 Å². The maximum atomic E-state index is 10.2. The third-order valence-corrected chi connectivity index (χ3v) is 2.72. The lowest BCUT2D eigenvalue weighted by Gasteiger charge is -1.99. The van der Waals surface area contributed by atoms with Gasteiger partial charge >= 0.3 is 5.97 Å². The molecule has 0 aromatic heterocycles. The largest absolute Gasteiger partial charge is 0.481 e. The molecule has 3 heteroatoms. The van der Waals surface area contributed by atoms with E-state index in [9.17, 15) is 4.79 Å². The monoisotopic (exact) mass is 228 g/mol. The quantitative estimate of drug-likeness (QED) is 0.535. The average Bonchev–Trinajstić information content (AvgIpc) is 2.11. The summed E-state index contributed by atoms with van der Waals surface area (Å²) in [4.78, 5) is 10.2. The Labute approximate surface area is 96.5 Å². The van der Waals surface area contributed by atoms with Crippen LogP contribution in [0, 0.1) is 0 Å². The predicted octanol–water partition coefficient (Wildman–Crippen LogP) is 3.50. The molecule has 86 valence electrons. The molecule has 0 aromatic carbocycles. The molecular weight excluding hydrogens is 208 g/mol. The van der Waals surface area contributed by atoms with Crippen molar-refractivity contribution in [1.29, 1.82) is 0 Å². The van der Waals surface area contributed by atoms with E-state index < -0.39 is 5.97 Å². The maximum Gasteiger partial charge on any atom is 0.313 e. The molecule has 2 nitrogen and oxygen atoms in total. The van der Waals surface area contributed by atoms with E-state index in [1.807, 2.05) is 0 Å². The summed E-state index contributed by atoms with van der Waals surface area (Å²) in [6, 6.07) is 0. The third kappa shape index (κ3) is 11.2. The molecule has 1 N–H and O–H groups in total. The lowest BCUT2D eigenvalue weighted by molar-refractivity contribution is -0.133. The summed E-state index contributed by atoms with van der Waals surface area (Å²) in [5.41, 5.74) is 2.69. The van der Waals surface area contributed by atoms with Crippen LogP contribution in [-0.2, 0) is 4.79 Å². The number of hydrogen-bond acceptors (Lipinski definition) is 2. The summed E-state index contributed by atoms with van der Waals surface area (Å²) in [7, 11) is 0. The molecule has 0 unspecified atom stereocenters. The molecule has 0 heterocycles. The highest BCUT2D eigenvalue weighted by atomic mass is 32.2. The van der Waals surface area contributed by atoms with E-state index >= 15 is 0 Å². The Balaban J connectivity index is 3.61. The van der Waals surface area contributed by atoms with Crippen LogP contribution in [0.1, 0.15) is 33.6 Å². The first kappa shape index (κ1) is 14.3. The third-order valence-electron chi connectivity index (χ3n) is 1.87. The lowest BCUT2D eigenvalue weighted by atomic mass is 10.1. The summed E-state index contributed by atoms with van der Waals surface area (Å²) in [6.07, 6.45) is 6.49. The molecule has 0 atom stereocenters. The van der Waals surface area contributed by atoms with Crippen LogP contribution in [0.25, 0.3) is 0 Å². The zero-order chi connectivity index (χ0) is 11.7. The number of carbonyl (C=O) groups is 1. The van der Waals surface area contributed by atoms with Gasteiger partial charge in [0.05, 0.1) is 5.75 Å². The number of rotatable bonds is 7. The van der Waals surface area contributed by atoms with Gasteiger partial charge in [-0.15, -0.1) is 11.8 Å². The molecule has 0 amide bonds. The van der Waals surface area contributed by atoms with E-state index in [4.69, 9.17) is 5.11 Å². The van der Waals surface area contributed by atoms with Gasteiger partial charge in [0.15, 0.2) is 0 Å². The zero-order valence-corrected chi connectivity index (χ0v) is 10.6. The van der Waals surface area contributed by atoms with E-state index in [1.54, 1.807) is 0 Å². The fourth-order valence-corrected chi connectivity index (χ4v) is 1.73. The summed E-state index contributed by atoms with van der Waals surface area (Å²) in [5.74, 6) is 0.251. The van der Waals surface area contributed by atoms with Gasteiger partial charge in [-0.3, -0.25) is 4.79 Å². The SMILES string of the molecule is CC(C)=CCC/C(C)=C/CSCC(=O)O. The zero-order valence-electron chi connectivity index (χ0n) is 9.75. The second-order valence-corrected chi connectivity index (χ2v) is 4.81. The predicted molar refractivity (Wildman–Crippen MR) is 67.4 cm³/mol. The van der Waals surface area contributed by atoms with Crippen molar-refractivity contribution in [3.63, 3.8) is 0 Å². The van der Waals surface area contributed by atoms with E-state index in [2.05, 4.69) is 32.9 Å². The molecule has 0 saturated carbocycles. The Morgan fingerprint density at radius 1 is 1.27 bits per heavy atom. The topological polar surface area (TPSA) is 37.3 Å². The summed E-state index contributed by atoms with van der Waals surface area (Å²) < 4.78 is 0. The van der Waals surface area contributed by atoms with Crippen molar-refractivity contribution in [3.8, 4) is 0 Å². The summed E-state index contributed by atoms with van der Waals surface area (Å²) in [5, 5.41) is 8.43. The van der Waals surface area contributed by atoms with Crippen LogP contribution < -0.4 is 0 Å². The van der Waals surface area contributed by atoms with Gasteiger partial charge in [-0.05, 0) is 33.6 Å². The molecule has 0 saturated heterocycles. The molecule has 15 heavy (non-hydrogen) atoms. The highest BCUT2D eigenvalue weighted by molar-refractivity contribution is 8.00. The minimum Gasteiger partial charge on any atom is -0.481 e. The highest BCUT2D eigenvalue weighted by Crippen LogP contribution is 2.09. The smallest absolute Gasteiger partial charge is 0.313 e. The number of carboxylic acid groups (broad SMARTS) is 1. The number of carboxylic acids is 1. The molecule has 0 radical (unpaired) electrons. The fraction of sp³-hybridized carbons (Fsp3) is 0.583. The van der Waals surface area contributed by atoms with Crippen molar-refractivity contribution in [2.24, 2.45) is 0 Å². The minimum atomic E-state index is -0.740. The van der Waals surface area contributed by atoms with Gasteiger partial charge in [0.25, 0.3) is 0 Å². The molecular formula is C12H20O2S. The number of allylic oxidation sites excluding steroid dienone is 3. The Bertz CT molecular complexity index is 250. The second-order valence-electron chi connectivity index (χ2n) is 3.78. The van der Waals surface area contributed by atoms with Gasteiger partial charge in [0.1, 0.15) is 0 Å². The number of aliphatic carboxylic acids is 1. The van der Waals surface area contributed by atoms with Gasteiger partial charge in [0, 0.05) is 5.75 Å². The van der Waals surface area contributed by atoms with Crippen molar-refractivity contribution in [2.75, 3.05) is 11.5 Å². The minimum absolute atomic E-state index is 0.192. The number of hydrogen-bond donors (Lipinski definition) is 1. The van der Waals surface area contributed by atoms with Crippen molar-refractivity contribution >= 4 is 17.7 Å². The molecule has 0 aliphatic rings. The van der Waals surface area contributed by atoms with Gasteiger partial charge in [-0.1, -0.05) is 23.3 Å². The van der Waals surface area contributed by atoms with Crippen LogP contribution in [0.3, 0.4) is 0 Å². The van der Waals surface area contributed by atoms with Crippen LogP contribution in [0.4, 0.5) is 0 Å². The van der Waals surface area contributed by atoms with Gasteiger partial charge in [-0.2, -0.15) is 0 Å². The second kappa shape index (κ2) is 8.60. The average molecular weight is 228 g/mol. The van der Waals surface area contributed by atoms with Gasteiger partial charge in [-0.25, -0.2) is 0 Å². The van der Waals surface area contributed by atoms with Crippen LogP contribution >= 0.6 is 11.8 Å². The Hall–Kier alpha value is -0.700. The first-order chi connectivity index (χ1) is 7.02. The molecule has 0 spiro atoms. The number of thioether (sulfide) groups is 1. The lowest BCUT2D eigenvalue weighted by Crippen LogP contribution is -1.98. The molecule has 0 bridgehead atoms. The Morgan fingerprint density at radius 3 is 2.47 bits per heavy atom. The van der Waals surface area contributed by atoms with Crippen molar-refractivity contribution in [2.45, 2.75) is 33.6 Å². The van der Waals surface area contributed by atoms with E-state index in [1.165, 1.54) is 22.9 Å². The summed E-state index contributed by atoms with van der Waals surface area (Å²) in [6.45, 7) is 6.30. The Kier molecular flexibility index (Phi) is 8.19. The summed E-state index contributed by atoms with van der Waals surface area (Å²) >= 11 is 1.44. The van der Waals surface area contributed by atoms with Gasteiger partial charge in [0.2, 0.25) is 0 Å². The fourth-order valence-electron chi connectivity index (χ4n) is 1.04. The van der Waals surface area contributed by atoms with E-state index in [0.29, 0.717) is 0 Å². The molecule has 0 rings (SSSR count). The molecule has 0 aromatic rings. The molecule has 0 aliphatic heterocycles. The van der Waals surface area contributed by atoms with Crippen molar-refractivity contribution in [1.82, 2.24) is 0 Å². The molecule has 0 aliphatic carbocycles. The van der Waals surface area contributed by atoms with Crippen LogP contribution in [-0.4, -0.2) is 22.6 Å². The normalized spacial score (nSPS) is 11.3. The van der Waals surface area contributed by atoms with E-state index in [-0.39, 0.29) is 5.75 Å². The van der Waals surface area contributed by atoms with Crippen LogP contribution in [0.15, 0.2) is 23.3 Å². The van der Waals surface area contributed by atoms with Crippen molar-refractivity contribution in [3.05, 3.63) is 23.3 Å². The molecule has 0 fully saturated rings. The van der Waals surface area contributed by atoms with E-state index in [0.717, 1.165) is 18.6 Å². The first-order valence-electron chi connectivity index (χ1n) is 5.11. The first-order valence-corrected chi connectivity index (χ1v) is 6.26. The van der Waals surface area contributed by atoms with Gasteiger partial charge < -0.3 is 5.11 Å². The maximum absolute atomic E-state index is 10.2.